The quantitative estimate of drug-likeness (QED) is 0.254. The summed E-state index contributed by atoms with van der Waals surface area (Å²) < 4.78 is 0. The van der Waals surface area contributed by atoms with Crippen molar-refractivity contribution in [1.29, 1.82) is 0 Å². The summed E-state index contributed by atoms with van der Waals surface area (Å²) in [7, 11) is 1.45. The Morgan fingerprint density at radius 1 is 1.17 bits per heavy atom. The van der Waals surface area contributed by atoms with Gasteiger partial charge in [0.25, 0.3) is 11.8 Å². The molecule has 2 saturated heterocycles. The number of alkyl halides is 3. The number of likely N-dealkylation sites (tertiary alicyclic amines) is 2. The van der Waals surface area contributed by atoms with Crippen molar-refractivity contribution < 1.29 is 24.3 Å². The second-order valence-electron chi connectivity index (χ2n) is 9.57. The fourth-order valence-electron chi connectivity index (χ4n) is 6.42. The van der Waals surface area contributed by atoms with Gasteiger partial charge >= 0.3 is 0 Å². The highest BCUT2D eigenvalue weighted by molar-refractivity contribution is 9.09. The van der Waals surface area contributed by atoms with E-state index >= 15 is 0 Å². The zero-order valence-electron chi connectivity index (χ0n) is 18.8. The average molecular weight is 582 g/mol. The van der Waals surface area contributed by atoms with Crippen molar-refractivity contribution in [3.8, 4) is 5.75 Å². The zero-order chi connectivity index (χ0) is 25.4. The summed E-state index contributed by atoms with van der Waals surface area (Å²) in [4.78, 5) is 51.4. The first-order valence-corrected chi connectivity index (χ1v) is 13.2. The lowest BCUT2D eigenvalue weighted by Gasteiger charge is -2.50. The standard InChI is InChI=1S/C25H23BrCl2N2O5/c1-3-5-12-6-4-7-15(19(12)31)18-13-8-9-14-17(21(33)29(2)20(14)32)16(13)10-24(27)22(34)30(11-26)23(35)25(18,24)28/h3-4,6-8,14,16-18,31H,1,5,9-11H2,2H3. The van der Waals surface area contributed by atoms with Crippen molar-refractivity contribution in [2.24, 2.45) is 17.8 Å². The number of fused-ring (bicyclic) bond motifs is 4. The number of carbonyl (C=O) groups excluding carboxylic acids is 4. The van der Waals surface area contributed by atoms with Crippen molar-refractivity contribution in [3.63, 3.8) is 0 Å². The van der Waals surface area contributed by atoms with E-state index in [1.807, 2.05) is 6.08 Å². The lowest BCUT2D eigenvalue weighted by atomic mass is 9.56. The van der Waals surface area contributed by atoms with Gasteiger partial charge in [0.05, 0.1) is 17.3 Å². The zero-order valence-corrected chi connectivity index (χ0v) is 21.9. The molecule has 2 heterocycles. The van der Waals surface area contributed by atoms with Gasteiger partial charge in [0.1, 0.15) is 5.75 Å². The molecule has 2 aliphatic carbocycles. The van der Waals surface area contributed by atoms with E-state index in [0.29, 0.717) is 29.5 Å². The van der Waals surface area contributed by atoms with Gasteiger partial charge in [-0.25, -0.2) is 0 Å². The third-order valence-electron chi connectivity index (χ3n) is 8.06. The highest BCUT2D eigenvalue weighted by atomic mass is 79.9. The van der Waals surface area contributed by atoms with Crippen molar-refractivity contribution in [3.05, 3.63) is 53.6 Å². The molecule has 4 amide bonds. The molecule has 0 bridgehead atoms. The van der Waals surface area contributed by atoms with Gasteiger partial charge in [-0.2, -0.15) is 0 Å². The maximum atomic E-state index is 13.7. The van der Waals surface area contributed by atoms with Crippen LogP contribution in [0.25, 0.3) is 0 Å². The lowest BCUT2D eigenvalue weighted by molar-refractivity contribution is -0.140. The van der Waals surface area contributed by atoms with Gasteiger partial charge in [0.2, 0.25) is 11.8 Å². The van der Waals surface area contributed by atoms with Gasteiger partial charge in [-0.1, -0.05) is 51.9 Å². The van der Waals surface area contributed by atoms with Crippen LogP contribution in [0.5, 0.6) is 5.75 Å². The van der Waals surface area contributed by atoms with Crippen molar-refractivity contribution in [2.75, 3.05) is 12.5 Å². The number of carbonyl (C=O) groups is 4. The number of amides is 4. The first-order chi connectivity index (χ1) is 16.5. The summed E-state index contributed by atoms with van der Waals surface area (Å²) in [6, 6.07) is 5.13. The van der Waals surface area contributed by atoms with E-state index in [1.54, 1.807) is 24.3 Å². The number of allylic oxidation sites excluding steroid dienone is 3. The molecule has 10 heteroatoms. The highest BCUT2D eigenvalue weighted by Gasteiger charge is 2.76. The number of halogens is 3. The van der Waals surface area contributed by atoms with Crippen LogP contribution in [-0.2, 0) is 25.6 Å². The Morgan fingerprint density at radius 2 is 1.89 bits per heavy atom. The van der Waals surface area contributed by atoms with Crippen LogP contribution >= 0.6 is 39.1 Å². The minimum absolute atomic E-state index is 0.0661. The monoisotopic (exact) mass is 580 g/mol. The Hall–Kier alpha value is -2.16. The Morgan fingerprint density at radius 3 is 2.54 bits per heavy atom. The van der Waals surface area contributed by atoms with Gasteiger partial charge in [-0.05, 0) is 30.7 Å². The molecule has 0 radical (unpaired) electrons. The molecular weight excluding hydrogens is 559 g/mol. The fraction of sp³-hybridized carbons (Fsp3) is 0.440. The number of phenols is 1. The third-order valence-corrected chi connectivity index (χ3v) is 9.98. The Balaban J connectivity index is 1.77. The molecule has 1 aromatic carbocycles. The van der Waals surface area contributed by atoms with Crippen LogP contribution in [0.15, 0.2) is 42.5 Å². The molecule has 1 N–H and O–H groups in total. The molecule has 0 spiro atoms. The Labute approximate surface area is 220 Å². The lowest BCUT2D eigenvalue weighted by Crippen LogP contribution is -2.60. The normalized spacial score (nSPS) is 36.2. The highest BCUT2D eigenvalue weighted by Crippen LogP contribution is 2.66. The van der Waals surface area contributed by atoms with E-state index in [1.165, 1.54) is 7.05 Å². The fourth-order valence-corrected chi connectivity index (χ4v) is 7.84. The van der Waals surface area contributed by atoms with E-state index < -0.39 is 45.2 Å². The number of para-hydroxylation sites is 1. The van der Waals surface area contributed by atoms with Crippen LogP contribution in [0.1, 0.15) is 29.9 Å². The van der Waals surface area contributed by atoms with Gasteiger partial charge in [-0.15, -0.1) is 29.8 Å². The van der Waals surface area contributed by atoms with E-state index in [-0.39, 0.29) is 29.4 Å². The largest absolute Gasteiger partial charge is 0.507 e. The van der Waals surface area contributed by atoms with Gasteiger partial charge in [-0.3, -0.25) is 29.0 Å². The summed E-state index contributed by atoms with van der Waals surface area (Å²) in [5.74, 6) is -4.86. The molecule has 184 valence electrons. The van der Waals surface area contributed by atoms with Gasteiger partial charge in [0, 0.05) is 18.5 Å². The molecule has 2 aliphatic heterocycles. The van der Waals surface area contributed by atoms with Crippen LogP contribution in [0.2, 0.25) is 0 Å². The van der Waals surface area contributed by atoms with Crippen LogP contribution in [0.4, 0.5) is 0 Å². The molecule has 35 heavy (non-hydrogen) atoms. The molecule has 4 aliphatic rings. The minimum atomic E-state index is -1.93. The third kappa shape index (κ3) is 2.96. The maximum Gasteiger partial charge on any atom is 0.254 e. The van der Waals surface area contributed by atoms with E-state index in [0.717, 1.165) is 9.80 Å². The predicted octanol–water partition coefficient (Wildman–Crippen LogP) is 3.46. The van der Waals surface area contributed by atoms with Gasteiger partial charge in [0.15, 0.2) is 9.75 Å². The molecule has 0 aromatic heterocycles. The second kappa shape index (κ2) is 8.18. The number of phenolic OH excluding ortho intramolecular Hbond substituents is 1. The van der Waals surface area contributed by atoms with Crippen molar-refractivity contribution in [1.82, 2.24) is 9.80 Å². The van der Waals surface area contributed by atoms with E-state index in [2.05, 4.69) is 22.5 Å². The number of hydrogen-bond acceptors (Lipinski definition) is 5. The summed E-state index contributed by atoms with van der Waals surface area (Å²) in [6.07, 6.45) is 4.08. The molecule has 1 aromatic rings. The van der Waals surface area contributed by atoms with Crippen molar-refractivity contribution in [2.45, 2.75) is 34.9 Å². The molecule has 7 nitrogen and oxygen atoms in total. The SMILES string of the molecule is C=CCc1cccc(C2C3=CCC4C(=O)N(C)C(=O)C4C3CC3(Cl)C(=O)N(CBr)C(=O)C23Cl)c1O. The topological polar surface area (TPSA) is 95.0 Å². The summed E-state index contributed by atoms with van der Waals surface area (Å²) in [6.45, 7) is 3.73. The molecule has 5 rings (SSSR count). The number of aromatic hydroxyl groups is 1. The second-order valence-corrected chi connectivity index (χ2v) is 11.3. The van der Waals surface area contributed by atoms with Crippen LogP contribution in [-0.4, -0.2) is 60.8 Å². The summed E-state index contributed by atoms with van der Waals surface area (Å²) in [5.41, 5.74) is 1.48. The molecule has 3 fully saturated rings. The van der Waals surface area contributed by atoms with Gasteiger partial charge < -0.3 is 5.11 Å². The molecule has 6 atom stereocenters. The van der Waals surface area contributed by atoms with Crippen molar-refractivity contribution >= 4 is 62.8 Å². The number of nitrogens with zero attached hydrogens (tertiary/aromatic N) is 2. The first kappa shape index (κ1) is 24.5. The summed E-state index contributed by atoms with van der Waals surface area (Å²) >= 11 is 17.4. The molecule has 6 unspecified atom stereocenters. The van der Waals surface area contributed by atoms with E-state index in [4.69, 9.17) is 23.2 Å². The molecular formula is C25H23BrCl2N2O5. The van der Waals surface area contributed by atoms with Crippen LogP contribution in [0.3, 0.4) is 0 Å². The number of benzene rings is 1. The van der Waals surface area contributed by atoms with Crippen LogP contribution in [0, 0.1) is 17.8 Å². The van der Waals surface area contributed by atoms with E-state index in [9.17, 15) is 24.3 Å². The Bertz CT molecular complexity index is 1230. The Kier molecular flexibility index (Phi) is 5.73. The summed E-state index contributed by atoms with van der Waals surface area (Å²) in [5, 5.41) is 11.3. The molecule has 1 saturated carbocycles. The number of imide groups is 2. The smallest absolute Gasteiger partial charge is 0.254 e. The number of hydrogen-bond donors (Lipinski definition) is 1. The predicted molar refractivity (Wildman–Crippen MR) is 133 cm³/mol. The number of rotatable bonds is 4. The maximum absolute atomic E-state index is 13.7. The minimum Gasteiger partial charge on any atom is -0.507 e. The first-order valence-electron chi connectivity index (χ1n) is 11.3. The van der Waals surface area contributed by atoms with Crippen LogP contribution < -0.4 is 0 Å². The average Bonchev–Trinajstić information content (AvgIpc) is 3.14.